The summed E-state index contributed by atoms with van der Waals surface area (Å²) < 4.78 is 0. The summed E-state index contributed by atoms with van der Waals surface area (Å²) in [6.45, 7) is 7.64. The number of anilines is 2. The van der Waals surface area contributed by atoms with Gasteiger partial charge in [0.1, 0.15) is 17.2 Å². The first-order chi connectivity index (χ1) is 17.7. The Balaban J connectivity index is 1.69. The lowest BCUT2D eigenvalue weighted by Crippen LogP contribution is -2.51. The van der Waals surface area contributed by atoms with E-state index in [2.05, 4.69) is 16.4 Å². The van der Waals surface area contributed by atoms with Gasteiger partial charge in [-0.1, -0.05) is 68.8 Å². The van der Waals surface area contributed by atoms with Crippen molar-refractivity contribution in [2.75, 3.05) is 10.2 Å². The highest BCUT2D eigenvalue weighted by Gasteiger charge is 2.70. The summed E-state index contributed by atoms with van der Waals surface area (Å²) in [6.07, 6.45) is 5.59. The SMILES string of the molecule is Cc1ccc2c(c1)C=C[C@H]1N2[C@H](C(=O)C(C)(C)C)[C@H](C(=O)c2ccccn2)[C@]12C(=O)Nc1ccccc12. The lowest BCUT2D eigenvalue weighted by Gasteiger charge is -2.38. The van der Waals surface area contributed by atoms with Gasteiger partial charge in [0.05, 0.1) is 12.0 Å². The van der Waals surface area contributed by atoms with Crippen LogP contribution in [0.1, 0.15) is 48.0 Å². The third-order valence-corrected chi connectivity index (χ3v) is 8.00. The van der Waals surface area contributed by atoms with Crippen LogP contribution in [0.5, 0.6) is 0 Å². The number of hydrogen-bond donors (Lipinski definition) is 1. The van der Waals surface area contributed by atoms with E-state index in [9.17, 15) is 14.4 Å². The molecule has 0 bridgehead atoms. The van der Waals surface area contributed by atoms with E-state index in [1.165, 1.54) is 0 Å². The fraction of sp³-hybridized carbons (Fsp3) is 0.290. The van der Waals surface area contributed by atoms with Crippen molar-refractivity contribution in [3.63, 3.8) is 0 Å². The minimum Gasteiger partial charge on any atom is -0.352 e. The molecule has 2 aromatic carbocycles. The summed E-state index contributed by atoms with van der Waals surface area (Å²) in [5, 5.41) is 3.05. The molecule has 4 atom stereocenters. The number of para-hydroxylation sites is 1. The molecule has 3 aliphatic rings. The highest BCUT2D eigenvalue weighted by molar-refractivity contribution is 6.16. The van der Waals surface area contributed by atoms with Crippen LogP contribution >= 0.6 is 0 Å². The number of carbonyl (C=O) groups is 3. The number of Topliss-reactive ketones (excluding diaryl/α,β-unsaturated/α-hetero) is 2. The molecule has 4 heterocycles. The maximum Gasteiger partial charge on any atom is 0.238 e. The van der Waals surface area contributed by atoms with Crippen molar-refractivity contribution < 1.29 is 14.4 Å². The standard InChI is InChI=1S/C31H29N3O3/c1-18-12-14-23-19(17-18)13-15-24-31(20-9-5-6-10-21(20)33-29(31)37)25(27(35)22-11-7-8-16-32-22)26(34(23)24)28(36)30(2,3)4/h5-17,24-26H,1-4H3,(H,33,37)/t24-,25-,26+,31-/m1/s1. The molecule has 6 heteroatoms. The van der Waals surface area contributed by atoms with Crippen LogP contribution in [0.2, 0.25) is 0 Å². The molecule has 3 aromatic rings. The van der Waals surface area contributed by atoms with Crippen LogP contribution in [0.4, 0.5) is 11.4 Å². The Hall–Kier alpha value is -4.06. The number of ketones is 2. The molecular weight excluding hydrogens is 462 g/mol. The molecule has 37 heavy (non-hydrogen) atoms. The van der Waals surface area contributed by atoms with Gasteiger partial charge in [0, 0.05) is 23.0 Å². The smallest absolute Gasteiger partial charge is 0.238 e. The Morgan fingerprint density at radius 3 is 2.51 bits per heavy atom. The zero-order valence-corrected chi connectivity index (χ0v) is 21.4. The van der Waals surface area contributed by atoms with Gasteiger partial charge in [-0.3, -0.25) is 19.4 Å². The molecule has 1 spiro atoms. The van der Waals surface area contributed by atoms with Crippen LogP contribution in [-0.4, -0.2) is 34.5 Å². The predicted molar refractivity (Wildman–Crippen MR) is 144 cm³/mol. The second-order valence-corrected chi connectivity index (χ2v) is 11.3. The second-order valence-electron chi connectivity index (χ2n) is 11.3. The predicted octanol–water partition coefficient (Wildman–Crippen LogP) is 4.98. The van der Waals surface area contributed by atoms with E-state index in [4.69, 9.17) is 0 Å². The van der Waals surface area contributed by atoms with Crippen LogP contribution in [0.3, 0.4) is 0 Å². The van der Waals surface area contributed by atoms with E-state index in [1.807, 2.05) is 81.1 Å². The number of aromatic nitrogens is 1. The first-order valence-corrected chi connectivity index (χ1v) is 12.6. The number of carbonyl (C=O) groups excluding carboxylic acids is 3. The van der Waals surface area contributed by atoms with Crippen molar-refractivity contribution in [1.82, 2.24) is 4.98 Å². The molecule has 1 amide bonds. The monoisotopic (exact) mass is 491 g/mol. The topological polar surface area (TPSA) is 79.4 Å². The van der Waals surface area contributed by atoms with Gasteiger partial charge in [-0.05, 0) is 48.4 Å². The first kappa shape index (κ1) is 23.3. The molecule has 1 N–H and O–H groups in total. The minimum absolute atomic E-state index is 0.0809. The Kier molecular flexibility index (Phi) is 5.03. The van der Waals surface area contributed by atoms with Gasteiger partial charge < -0.3 is 10.2 Å². The van der Waals surface area contributed by atoms with Gasteiger partial charge in [0.2, 0.25) is 5.91 Å². The third kappa shape index (κ3) is 3.18. The largest absolute Gasteiger partial charge is 0.352 e. The number of fused-ring (bicyclic) bond motifs is 6. The lowest BCUT2D eigenvalue weighted by atomic mass is 9.63. The summed E-state index contributed by atoms with van der Waals surface area (Å²) in [6, 6.07) is 17.4. The molecule has 0 radical (unpaired) electrons. The fourth-order valence-corrected chi connectivity index (χ4v) is 6.41. The van der Waals surface area contributed by atoms with Crippen LogP contribution in [0.25, 0.3) is 6.08 Å². The fourth-order valence-electron chi connectivity index (χ4n) is 6.41. The van der Waals surface area contributed by atoms with Crippen LogP contribution < -0.4 is 10.2 Å². The number of hydrogen-bond acceptors (Lipinski definition) is 5. The molecular formula is C31H29N3O3. The highest BCUT2D eigenvalue weighted by Crippen LogP contribution is 2.58. The maximum absolute atomic E-state index is 14.5. The summed E-state index contributed by atoms with van der Waals surface area (Å²) in [7, 11) is 0. The van der Waals surface area contributed by atoms with E-state index in [0.717, 1.165) is 22.4 Å². The molecule has 0 aliphatic carbocycles. The zero-order valence-electron chi connectivity index (χ0n) is 21.4. The average molecular weight is 492 g/mol. The maximum atomic E-state index is 14.5. The Labute approximate surface area is 216 Å². The first-order valence-electron chi connectivity index (χ1n) is 12.6. The van der Waals surface area contributed by atoms with Gasteiger partial charge in [-0.2, -0.15) is 0 Å². The minimum atomic E-state index is -1.30. The van der Waals surface area contributed by atoms with E-state index in [1.54, 1.807) is 24.4 Å². The molecule has 186 valence electrons. The van der Waals surface area contributed by atoms with E-state index < -0.39 is 28.8 Å². The van der Waals surface area contributed by atoms with Gasteiger partial charge >= 0.3 is 0 Å². The summed E-state index contributed by atoms with van der Waals surface area (Å²) in [5.41, 5.74) is 2.55. The molecule has 1 saturated heterocycles. The molecule has 0 saturated carbocycles. The van der Waals surface area contributed by atoms with E-state index in [0.29, 0.717) is 5.69 Å². The van der Waals surface area contributed by atoms with Crippen molar-refractivity contribution in [1.29, 1.82) is 0 Å². The van der Waals surface area contributed by atoms with Crippen LogP contribution in [0, 0.1) is 18.3 Å². The van der Waals surface area contributed by atoms with Crippen LogP contribution in [-0.2, 0) is 15.0 Å². The number of benzene rings is 2. The molecule has 0 unspecified atom stereocenters. The third-order valence-electron chi connectivity index (χ3n) is 8.00. The van der Waals surface area contributed by atoms with Crippen molar-refractivity contribution in [3.05, 3.63) is 95.3 Å². The summed E-state index contributed by atoms with van der Waals surface area (Å²) >= 11 is 0. The zero-order chi connectivity index (χ0) is 26.1. The number of pyridine rings is 1. The van der Waals surface area contributed by atoms with Crippen molar-refractivity contribution in [2.24, 2.45) is 11.3 Å². The number of rotatable bonds is 3. The quantitative estimate of drug-likeness (QED) is 0.523. The molecule has 1 aromatic heterocycles. The summed E-state index contributed by atoms with van der Waals surface area (Å²) in [5.74, 6) is -1.61. The van der Waals surface area contributed by atoms with Gasteiger partial charge in [-0.25, -0.2) is 0 Å². The van der Waals surface area contributed by atoms with Crippen LogP contribution in [0.15, 0.2) is 72.9 Å². The molecule has 6 nitrogen and oxygen atoms in total. The number of amides is 1. The molecule has 1 fully saturated rings. The van der Waals surface area contributed by atoms with Gasteiger partial charge in [-0.15, -0.1) is 0 Å². The average Bonchev–Trinajstić information content (AvgIpc) is 3.35. The Morgan fingerprint density at radius 2 is 1.78 bits per heavy atom. The van der Waals surface area contributed by atoms with Crippen molar-refractivity contribution in [2.45, 2.75) is 45.2 Å². The van der Waals surface area contributed by atoms with Gasteiger partial charge in [0.25, 0.3) is 0 Å². The Bertz CT molecular complexity index is 1490. The normalized spacial score (nSPS) is 25.5. The molecule has 3 aliphatic heterocycles. The van der Waals surface area contributed by atoms with Crippen molar-refractivity contribution in [3.8, 4) is 0 Å². The highest BCUT2D eigenvalue weighted by atomic mass is 16.2. The summed E-state index contributed by atoms with van der Waals surface area (Å²) in [4.78, 5) is 49.4. The van der Waals surface area contributed by atoms with Crippen molar-refractivity contribution >= 4 is 34.9 Å². The van der Waals surface area contributed by atoms with E-state index >= 15 is 0 Å². The number of nitrogens with one attached hydrogen (secondary N) is 1. The molecule has 6 rings (SSSR count). The Morgan fingerprint density at radius 1 is 1.03 bits per heavy atom. The van der Waals surface area contributed by atoms with E-state index in [-0.39, 0.29) is 23.2 Å². The lowest BCUT2D eigenvalue weighted by molar-refractivity contribution is -0.128. The number of aryl methyl sites for hydroxylation is 1. The number of nitrogens with zero attached hydrogens (tertiary/aromatic N) is 2. The van der Waals surface area contributed by atoms with Gasteiger partial charge in [0.15, 0.2) is 11.6 Å². The second kappa shape index (κ2) is 7.97.